The lowest BCUT2D eigenvalue weighted by Crippen LogP contribution is -2.37. The van der Waals surface area contributed by atoms with Crippen LogP contribution < -0.4 is 11.1 Å². The average Bonchev–Trinajstić information content (AvgIpc) is 2.53. The first-order valence-electron chi connectivity index (χ1n) is 8.78. The summed E-state index contributed by atoms with van der Waals surface area (Å²) in [4.78, 5) is 14.5. The van der Waals surface area contributed by atoms with E-state index in [0.717, 1.165) is 31.8 Å². The number of hydrogen-bond acceptors (Lipinski definition) is 5. The van der Waals surface area contributed by atoms with Gasteiger partial charge < -0.3 is 11.1 Å². The van der Waals surface area contributed by atoms with Crippen LogP contribution in [0.4, 0.5) is 5.69 Å². The predicted octanol–water partition coefficient (Wildman–Crippen LogP) is 2.04. The number of likely N-dealkylation sites (tertiary alicyclic amines) is 1. The molecule has 1 aromatic carbocycles. The number of nitrogens with zero attached hydrogens (tertiary/aromatic N) is 1. The molecule has 1 fully saturated rings. The number of sulfone groups is 1. The highest BCUT2D eigenvalue weighted by molar-refractivity contribution is 7.90. The summed E-state index contributed by atoms with van der Waals surface area (Å²) in [6, 6.07) is 6.92. The number of carbonyl (C=O) groups excluding carboxylic acids is 1. The fourth-order valence-corrected chi connectivity index (χ4v) is 3.77. The summed E-state index contributed by atoms with van der Waals surface area (Å²) in [5.41, 5.74) is 7.65. The molecule has 0 spiro atoms. The minimum atomic E-state index is -3.11. The topological polar surface area (TPSA) is 92.5 Å². The van der Waals surface area contributed by atoms with E-state index in [4.69, 9.17) is 5.73 Å². The van der Waals surface area contributed by atoms with Crippen LogP contribution in [0.25, 0.3) is 0 Å². The second-order valence-electron chi connectivity index (χ2n) is 7.19. The van der Waals surface area contributed by atoms with Gasteiger partial charge in [-0.3, -0.25) is 9.69 Å². The highest BCUT2D eigenvalue weighted by Gasteiger charge is 2.17. The fourth-order valence-electron chi connectivity index (χ4n) is 3.09. The maximum absolute atomic E-state index is 12.0. The van der Waals surface area contributed by atoms with Crippen LogP contribution in [0.1, 0.15) is 31.7 Å². The normalized spacial score (nSPS) is 19.4. The molecule has 148 valence electrons. The summed E-state index contributed by atoms with van der Waals surface area (Å²) in [5, 5.41) is 2.74. The molecular formula is C18H30ClN3O3S. The van der Waals surface area contributed by atoms with Gasteiger partial charge in [0.1, 0.15) is 9.84 Å². The molecule has 1 heterocycles. The molecule has 2 rings (SSSR count). The molecule has 3 N–H and O–H groups in total. The quantitative estimate of drug-likeness (QED) is 0.726. The molecule has 6 nitrogen and oxygen atoms in total. The van der Waals surface area contributed by atoms with Crippen LogP contribution in [0.3, 0.4) is 0 Å². The van der Waals surface area contributed by atoms with E-state index in [1.807, 2.05) is 24.3 Å². The van der Waals surface area contributed by atoms with Gasteiger partial charge in [-0.2, -0.15) is 0 Å². The van der Waals surface area contributed by atoms with Crippen molar-refractivity contribution >= 4 is 33.8 Å². The second-order valence-corrected chi connectivity index (χ2v) is 9.45. The van der Waals surface area contributed by atoms with Gasteiger partial charge in [0.05, 0.1) is 11.8 Å². The van der Waals surface area contributed by atoms with Crippen molar-refractivity contribution in [2.24, 2.45) is 11.7 Å². The first kappa shape index (κ1) is 22.9. The van der Waals surface area contributed by atoms with Crippen LogP contribution in [0, 0.1) is 5.92 Å². The number of benzene rings is 1. The van der Waals surface area contributed by atoms with Gasteiger partial charge in [0.2, 0.25) is 5.91 Å². The molecule has 0 radical (unpaired) electrons. The Balaban J connectivity index is 0.00000338. The van der Waals surface area contributed by atoms with Gasteiger partial charge in [-0.1, -0.05) is 19.1 Å². The second kappa shape index (κ2) is 10.3. The molecule has 1 aliphatic heterocycles. The van der Waals surface area contributed by atoms with Crippen LogP contribution in [0.2, 0.25) is 0 Å². The lowest BCUT2D eigenvalue weighted by atomic mass is 10.00. The van der Waals surface area contributed by atoms with E-state index in [0.29, 0.717) is 5.69 Å². The van der Waals surface area contributed by atoms with Crippen molar-refractivity contribution in [3.05, 3.63) is 29.8 Å². The van der Waals surface area contributed by atoms with Gasteiger partial charge in [0.15, 0.2) is 0 Å². The fraction of sp³-hybridized carbons (Fsp3) is 0.611. The molecule has 0 aromatic heterocycles. The maximum atomic E-state index is 12.0. The number of hydrogen-bond donors (Lipinski definition) is 2. The summed E-state index contributed by atoms with van der Waals surface area (Å²) in [6.07, 6.45) is 3.82. The summed E-state index contributed by atoms with van der Waals surface area (Å²) in [6.45, 7) is 5.48. The zero-order chi connectivity index (χ0) is 18.4. The zero-order valence-electron chi connectivity index (χ0n) is 15.5. The van der Waals surface area contributed by atoms with Gasteiger partial charge in [-0.05, 0) is 49.4 Å². The molecule has 2 atom stereocenters. The molecule has 1 amide bonds. The van der Waals surface area contributed by atoms with E-state index in [1.54, 1.807) is 0 Å². The molecule has 1 saturated heterocycles. The number of rotatable bonds is 7. The molecule has 0 bridgehead atoms. The van der Waals surface area contributed by atoms with Gasteiger partial charge in [0, 0.05) is 25.0 Å². The number of nitrogens with two attached hydrogens (primary N) is 1. The third-order valence-electron chi connectivity index (χ3n) is 4.51. The molecular weight excluding hydrogens is 374 g/mol. The number of carbonyl (C=O) groups is 1. The number of amides is 1. The summed E-state index contributed by atoms with van der Waals surface area (Å²) < 4.78 is 22.3. The molecule has 0 saturated carbocycles. The minimum Gasteiger partial charge on any atom is -0.325 e. The Hall–Kier alpha value is -1.15. The Morgan fingerprint density at radius 3 is 2.58 bits per heavy atom. The summed E-state index contributed by atoms with van der Waals surface area (Å²) in [7, 11) is -3.11. The molecule has 2 unspecified atom stereocenters. The lowest BCUT2D eigenvalue weighted by Gasteiger charge is -2.30. The maximum Gasteiger partial charge on any atom is 0.241 e. The minimum absolute atomic E-state index is 0. The van der Waals surface area contributed by atoms with Crippen LogP contribution in [-0.4, -0.2) is 50.4 Å². The van der Waals surface area contributed by atoms with Gasteiger partial charge in [0.25, 0.3) is 0 Å². The Labute approximate surface area is 162 Å². The van der Waals surface area contributed by atoms with E-state index < -0.39 is 15.9 Å². The van der Waals surface area contributed by atoms with Crippen molar-refractivity contribution < 1.29 is 13.2 Å². The third-order valence-corrected chi connectivity index (χ3v) is 5.48. The first-order valence-corrected chi connectivity index (χ1v) is 10.8. The number of piperidine rings is 1. The number of nitrogens with one attached hydrogen (secondary N) is 1. The number of anilines is 1. The Morgan fingerprint density at radius 1 is 1.35 bits per heavy atom. The van der Waals surface area contributed by atoms with Gasteiger partial charge in [-0.25, -0.2) is 8.42 Å². The van der Waals surface area contributed by atoms with Gasteiger partial charge in [-0.15, -0.1) is 12.4 Å². The molecule has 1 aliphatic rings. The molecule has 8 heteroatoms. The zero-order valence-corrected chi connectivity index (χ0v) is 17.1. The van der Waals surface area contributed by atoms with Crippen LogP contribution in [0.15, 0.2) is 24.3 Å². The smallest absolute Gasteiger partial charge is 0.241 e. The van der Waals surface area contributed by atoms with E-state index in [2.05, 4.69) is 17.1 Å². The molecule has 0 aliphatic carbocycles. The first-order chi connectivity index (χ1) is 11.7. The van der Waals surface area contributed by atoms with E-state index in [9.17, 15) is 13.2 Å². The highest BCUT2D eigenvalue weighted by atomic mass is 35.5. The molecule has 1 aromatic rings. The van der Waals surface area contributed by atoms with Gasteiger partial charge >= 0.3 is 0 Å². The summed E-state index contributed by atoms with van der Waals surface area (Å²) in [5.74, 6) is 0.302. The predicted molar refractivity (Wildman–Crippen MR) is 108 cm³/mol. The van der Waals surface area contributed by atoms with Crippen LogP contribution >= 0.6 is 12.4 Å². The van der Waals surface area contributed by atoms with Crippen molar-refractivity contribution in [1.82, 2.24) is 4.90 Å². The largest absolute Gasteiger partial charge is 0.325 e. The van der Waals surface area contributed by atoms with Crippen molar-refractivity contribution in [2.75, 3.05) is 30.4 Å². The Bertz CT molecular complexity index is 679. The number of halogens is 1. The third kappa shape index (κ3) is 8.03. The lowest BCUT2D eigenvalue weighted by molar-refractivity contribution is -0.117. The van der Waals surface area contributed by atoms with E-state index in [1.165, 1.54) is 18.4 Å². The van der Waals surface area contributed by atoms with Crippen molar-refractivity contribution in [1.29, 1.82) is 0 Å². The van der Waals surface area contributed by atoms with Crippen molar-refractivity contribution in [2.45, 2.75) is 38.8 Å². The highest BCUT2D eigenvalue weighted by Crippen LogP contribution is 2.18. The van der Waals surface area contributed by atoms with Crippen LogP contribution in [-0.2, 0) is 21.2 Å². The SMILES string of the molecule is CC1CCCN(Cc2ccc(NC(=O)C(N)CCS(C)(=O)=O)cc2)C1.Cl. The van der Waals surface area contributed by atoms with Crippen molar-refractivity contribution in [3.63, 3.8) is 0 Å². The van der Waals surface area contributed by atoms with Crippen molar-refractivity contribution in [3.8, 4) is 0 Å². The van der Waals surface area contributed by atoms with Crippen LogP contribution in [0.5, 0.6) is 0 Å². The van der Waals surface area contributed by atoms with E-state index >= 15 is 0 Å². The standard InChI is InChI=1S/C18H29N3O3S.ClH/c1-14-4-3-10-21(12-14)13-15-5-7-16(8-6-15)20-18(22)17(19)9-11-25(2,23)24;/h5-8,14,17H,3-4,9-13,19H2,1-2H3,(H,20,22);1H. The average molecular weight is 404 g/mol. The monoisotopic (exact) mass is 403 g/mol. The Kier molecular flexibility index (Phi) is 9.03. The Morgan fingerprint density at radius 2 is 2.00 bits per heavy atom. The van der Waals surface area contributed by atoms with E-state index in [-0.39, 0.29) is 30.5 Å². The summed E-state index contributed by atoms with van der Waals surface area (Å²) >= 11 is 0. The molecule has 26 heavy (non-hydrogen) atoms.